The van der Waals surface area contributed by atoms with Crippen molar-refractivity contribution in [1.29, 1.82) is 0 Å². The second-order valence-corrected chi connectivity index (χ2v) is 41.8. The third-order valence-electron chi connectivity index (χ3n) is 30.8. The molecule has 0 bridgehead atoms. The second kappa shape index (κ2) is 65.8. The van der Waals surface area contributed by atoms with E-state index in [4.69, 9.17) is 0 Å². The Morgan fingerprint density at radius 2 is 0.419 bits per heavy atom. The Morgan fingerprint density at radius 1 is 0.197 bits per heavy atom. The molecule has 0 aromatic carbocycles. The van der Waals surface area contributed by atoms with Crippen LogP contribution in [0.2, 0.25) is 0 Å². The van der Waals surface area contributed by atoms with Crippen molar-refractivity contribution in [3.63, 3.8) is 0 Å². The van der Waals surface area contributed by atoms with E-state index in [-0.39, 0.29) is 87.3 Å². The number of hydrogen-bond donors (Lipinski definition) is 0. The van der Waals surface area contributed by atoms with Crippen molar-refractivity contribution in [2.24, 2.45) is 111 Å². The first kappa shape index (κ1) is 137. The summed E-state index contributed by atoms with van der Waals surface area (Å²) < 4.78 is 140. The summed E-state index contributed by atoms with van der Waals surface area (Å²) in [6.07, 6.45) is 23.3. The molecular weight excluding hydrogens is 1480 g/mol. The number of hydrogen-bond acceptors (Lipinski definition) is 0. The normalized spacial score (nSPS) is 16.2. The fourth-order valence-corrected chi connectivity index (χ4v) is 18.9. The Balaban J connectivity index is -0.000000136. The lowest BCUT2D eigenvalue weighted by atomic mass is 9.65. The zero-order valence-electron chi connectivity index (χ0n) is 89.9. The average Bonchev–Trinajstić information content (AvgIpc) is 0.787. The topological polar surface area (TPSA) is 0 Å². The molecule has 0 aliphatic rings. The van der Waals surface area contributed by atoms with Crippen molar-refractivity contribution in [2.45, 2.75) is 584 Å². The van der Waals surface area contributed by atoms with Crippen molar-refractivity contribution in [3.8, 4) is 0 Å². The van der Waals surface area contributed by atoms with Crippen LogP contribution in [-0.4, -0.2) is 56.7 Å². The Bertz CT molecular complexity index is 2100. The van der Waals surface area contributed by atoms with Gasteiger partial charge in [-0.2, -0.15) is 0 Å². The van der Waals surface area contributed by atoms with Crippen LogP contribution in [0, 0.1) is 111 Å². The van der Waals surface area contributed by atoms with Gasteiger partial charge in [-0.15, -0.1) is 0 Å². The molecule has 0 saturated heterocycles. The monoisotopic (exact) mass is 1700 g/mol. The number of halogens is 10. The summed E-state index contributed by atoms with van der Waals surface area (Å²) >= 11 is 0. The molecule has 0 radical (unpaired) electrons. The molecule has 0 N–H and O–H groups in total. The van der Waals surface area contributed by atoms with Gasteiger partial charge >= 0.3 is 0 Å². The van der Waals surface area contributed by atoms with Crippen LogP contribution in [-0.2, 0) is 0 Å². The Kier molecular flexibility index (Phi) is 77.0. The van der Waals surface area contributed by atoms with Crippen molar-refractivity contribution in [2.75, 3.05) is 0 Å². The van der Waals surface area contributed by atoms with Crippen LogP contribution in [0.15, 0.2) is 0 Å². The molecule has 0 aromatic rings. The molecule has 0 heterocycles. The van der Waals surface area contributed by atoms with Gasteiger partial charge in [-0.05, 0) is 235 Å². The quantitative estimate of drug-likeness (QED) is 0.0533. The first-order valence-electron chi connectivity index (χ1n) is 49.7. The minimum Gasteiger partial charge on any atom is -0.244 e. The first-order valence-corrected chi connectivity index (χ1v) is 49.7. The van der Waals surface area contributed by atoms with Crippen molar-refractivity contribution < 1.29 is 43.9 Å². The molecule has 0 rings (SSSR count). The van der Waals surface area contributed by atoms with E-state index in [1.807, 2.05) is 104 Å². The largest absolute Gasteiger partial charge is 0.244 e. The lowest BCUT2D eigenvalue weighted by Crippen LogP contribution is -2.45. The van der Waals surface area contributed by atoms with Crippen LogP contribution in [0.3, 0.4) is 0 Å². The maximum absolute atomic E-state index is 14.8. The summed E-state index contributed by atoms with van der Waals surface area (Å²) in [5.41, 5.74) is -10.3. The molecule has 3 unspecified atom stereocenters. The zero-order chi connectivity index (χ0) is 96.1. The van der Waals surface area contributed by atoms with Gasteiger partial charge in [-0.3, -0.25) is 0 Å². The summed E-state index contributed by atoms with van der Waals surface area (Å²) in [5.74, 6) is 3.76. The molecule has 0 aromatic heterocycles. The Hall–Kier alpha value is -0.700. The van der Waals surface area contributed by atoms with Gasteiger partial charge < -0.3 is 0 Å². The van der Waals surface area contributed by atoms with E-state index in [1.165, 1.54) is 0 Å². The van der Waals surface area contributed by atoms with Gasteiger partial charge in [0.05, 0.1) is 0 Å². The van der Waals surface area contributed by atoms with Gasteiger partial charge in [0.1, 0.15) is 56.7 Å². The van der Waals surface area contributed by atoms with Crippen LogP contribution < -0.4 is 0 Å². The van der Waals surface area contributed by atoms with Crippen LogP contribution in [0.25, 0.3) is 0 Å². The minimum absolute atomic E-state index is 0.0994. The van der Waals surface area contributed by atoms with E-state index in [0.29, 0.717) is 55.8 Å². The molecule has 0 nitrogen and oxygen atoms in total. The smallest absolute Gasteiger partial charge is 0.116 e. The Labute approximate surface area is 734 Å². The highest BCUT2D eigenvalue weighted by atomic mass is 19.2. The van der Waals surface area contributed by atoms with Crippen LogP contribution in [0.5, 0.6) is 0 Å². The molecular formula is C107H224F10. The maximum atomic E-state index is 14.8. The summed E-state index contributed by atoms with van der Waals surface area (Å²) in [5, 5.41) is 0. The third-order valence-corrected chi connectivity index (χ3v) is 30.8. The predicted octanol–water partition coefficient (Wildman–Crippen LogP) is 40.9. The SMILES string of the molecule is CC(C)C(C(C)C)[C@@](C)(F)C(C)C.CC(C)C(C)(F)C(C)C.CCC(C)(CC)[C@@](C)(F)C(C)C.CCC(CC)C(C)(F)C(CC)CC.CCC(CC)[C@@](C)(F)C(C)C.CCC(CC)[C@](C)(F)C(C)(CC)CC.CCCC(C)(F)C(C(C)C)C(C)C.CCCC(C)(F)C(C)(CC)CC.CCCC(C)(F)C(CC)CC.CCCC(C)(F)CCC. The lowest BCUT2D eigenvalue weighted by Gasteiger charge is -2.44. The molecule has 722 valence electrons. The molecule has 117 heavy (non-hydrogen) atoms. The highest BCUT2D eigenvalue weighted by Crippen LogP contribution is 2.50. The van der Waals surface area contributed by atoms with Gasteiger partial charge in [0.25, 0.3) is 0 Å². The van der Waals surface area contributed by atoms with Gasteiger partial charge in [-0.1, -0.05) is 387 Å². The fraction of sp³-hybridized carbons (Fsp3) is 1.00. The summed E-state index contributed by atoms with van der Waals surface area (Å²) in [7, 11) is 0. The van der Waals surface area contributed by atoms with Gasteiger partial charge in [-0.25, -0.2) is 43.9 Å². The molecule has 0 aliphatic heterocycles. The number of alkyl halides is 10. The lowest BCUT2D eigenvalue weighted by molar-refractivity contribution is -0.0417. The molecule has 0 amide bonds. The van der Waals surface area contributed by atoms with E-state index in [2.05, 4.69) is 187 Å². The van der Waals surface area contributed by atoms with Gasteiger partial charge in [0.2, 0.25) is 0 Å². The predicted molar refractivity (Wildman–Crippen MR) is 517 cm³/mol. The van der Waals surface area contributed by atoms with Crippen molar-refractivity contribution in [1.82, 2.24) is 0 Å². The van der Waals surface area contributed by atoms with E-state index in [1.54, 1.807) is 69.2 Å². The second-order valence-electron chi connectivity index (χ2n) is 41.8. The minimum atomic E-state index is -1.05. The first-order chi connectivity index (χ1) is 52.8. The average molecular weight is 1700 g/mol. The summed E-state index contributed by atoms with van der Waals surface area (Å²) in [4.78, 5) is 0. The van der Waals surface area contributed by atoms with E-state index >= 15 is 0 Å². The fourth-order valence-electron chi connectivity index (χ4n) is 18.9. The van der Waals surface area contributed by atoms with E-state index < -0.39 is 56.7 Å². The van der Waals surface area contributed by atoms with E-state index in [9.17, 15) is 43.9 Å². The highest BCUT2D eigenvalue weighted by Gasteiger charge is 2.48. The van der Waals surface area contributed by atoms with Gasteiger partial charge in [0, 0.05) is 16.2 Å². The van der Waals surface area contributed by atoms with Gasteiger partial charge in [0.15, 0.2) is 0 Å². The molecule has 0 fully saturated rings. The molecule has 0 aliphatic carbocycles. The maximum Gasteiger partial charge on any atom is 0.116 e. The molecule has 10 heteroatoms. The van der Waals surface area contributed by atoms with Crippen molar-refractivity contribution in [3.05, 3.63) is 0 Å². The molecule has 0 spiro atoms. The Morgan fingerprint density at radius 3 is 0.581 bits per heavy atom. The van der Waals surface area contributed by atoms with Crippen molar-refractivity contribution >= 4 is 0 Å². The third kappa shape index (κ3) is 49.9. The van der Waals surface area contributed by atoms with Crippen LogP contribution in [0.1, 0.15) is 527 Å². The van der Waals surface area contributed by atoms with Crippen LogP contribution in [0.4, 0.5) is 43.9 Å². The number of rotatable bonds is 45. The van der Waals surface area contributed by atoms with E-state index in [0.717, 1.165) is 135 Å². The standard InChI is InChI=1S/C13H27F.3C12H25F.2C11H23F.2C10H21F.2C8H17F/c1-7-11(8-2)13(6,14)12(5,9-3)10-4;1-8(2)11(9(3)4)12(7,13)10(5)6;1-7-8-12(6,13)11(9(2)3)10(4)5;1-6-10(7-2)12(5,13)11(8-3)9-4;1-7-10(5,8-2)11(6,12)9(3)4;1-6-9-11(5,12)10(4,7-2)8-3;1-6-9(7-2)10(5,11)8(3)4;1-5-8-10(4,11)9(6-2)7-3;1-6(2)8(5,9)7(3)4;1-4-6-8(3,9)7-5-2/h11H,7-10H2,1-6H3;8-11H,1-7H3;9-11H,7-8H2,1-6H3;10-11H,6-9H2,1-5H3;9H,7-8H2,1-6H3;6-9H2,1-5H3;8-9H,6-7H2,1-5H3;9H,5-8H2,1-4H3;6-7H,1-5H3;4-7H2,1-3H3/t13-;12-;;;11-;;10-;;;/m00..0.0.../s1. The molecule has 0 saturated carbocycles. The summed E-state index contributed by atoms with van der Waals surface area (Å²) in [6, 6.07) is 0. The molecule has 7 atom stereocenters. The summed E-state index contributed by atoms with van der Waals surface area (Å²) in [6.45, 7) is 104. The van der Waals surface area contributed by atoms with Crippen LogP contribution >= 0.6 is 0 Å². The zero-order valence-corrected chi connectivity index (χ0v) is 89.9. The highest BCUT2D eigenvalue weighted by molar-refractivity contribution is 4.98.